The number of rotatable bonds is 8. The first-order valence-corrected chi connectivity index (χ1v) is 11.2. The summed E-state index contributed by atoms with van der Waals surface area (Å²) in [5.74, 6) is 0.359. The Morgan fingerprint density at radius 2 is 2.03 bits per heavy atom. The zero-order chi connectivity index (χ0) is 23.9. The van der Waals surface area contributed by atoms with Gasteiger partial charge in [0.1, 0.15) is 23.4 Å². The molecule has 0 radical (unpaired) electrons. The van der Waals surface area contributed by atoms with Crippen LogP contribution >= 0.6 is 0 Å². The topological polar surface area (TPSA) is 111 Å². The van der Waals surface area contributed by atoms with Crippen LogP contribution in [0.3, 0.4) is 0 Å². The first-order valence-electron chi connectivity index (χ1n) is 11.2. The van der Waals surface area contributed by atoms with Crippen molar-refractivity contribution in [2.24, 2.45) is 0 Å². The van der Waals surface area contributed by atoms with Crippen LogP contribution in [0.25, 0.3) is 11.3 Å². The number of aromatic nitrogens is 3. The molecule has 9 nitrogen and oxygen atoms in total. The minimum Gasteiger partial charge on any atom is -0.497 e. The van der Waals surface area contributed by atoms with Gasteiger partial charge in [-0.15, -0.1) is 5.10 Å². The number of aliphatic hydroxyl groups is 1. The predicted molar refractivity (Wildman–Crippen MR) is 124 cm³/mol. The molecule has 3 N–H and O–H groups in total. The summed E-state index contributed by atoms with van der Waals surface area (Å²) in [5.41, 5.74) is 1.52. The van der Waals surface area contributed by atoms with Crippen LogP contribution < -0.4 is 15.4 Å². The second-order valence-electron chi connectivity index (χ2n) is 8.13. The Hall–Kier alpha value is -3.50. The fourth-order valence-electron chi connectivity index (χ4n) is 4.00. The van der Waals surface area contributed by atoms with Gasteiger partial charge < -0.3 is 25.2 Å². The Balaban J connectivity index is 1.26. The average molecular weight is 470 g/mol. The highest BCUT2D eigenvalue weighted by Crippen LogP contribution is 2.24. The van der Waals surface area contributed by atoms with E-state index in [-0.39, 0.29) is 30.6 Å². The Bertz CT molecular complexity index is 1090. The molecule has 0 aliphatic carbocycles. The highest BCUT2D eigenvalue weighted by atomic mass is 19.1. The number of methoxy groups -OCH3 is 1. The lowest BCUT2D eigenvalue weighted by atomic mass is 9.97. The summed E-state index contributed by atoms with van der Waals surface area (Å²) in [6.07, 6.45) is 3.15. The summed E-state index contributed by atoms with van der Waals surface area (Å²) < 4.78 is 26.8. The van der Waals surface area contributed by atoms with Crippen molar-refractivity contribution in [1.29, 1.82) is 0 Å². The Morgan fingerprint density at radius 1 is 1.24 bits per heavy atom. The first kappa shape index (κ1) is 23.7. The highest BCUT2D eigenvalue weighted by molar-refractivity contribution is 5.89. The third-order valence-corrected chi connectivity index (χ3v) is 5.83. The third-order valence-electron chi connectivity index (χ3n) is 5.83. The molecular weight excluding hydrogens is 441 g/mol. The van der Waals surface area contributed by atoms with Crippen LogP contribution in [0.5, 0.6) is 5.75 Å². The van der Waals surface area contributed by atoms with Gasteiger partial charge in [0, 0.05) is 17.8 Å². The Kier molecular flexibility index (Phi) is 7.71. The Morgan fingerprint density at radius 3 is 2.76 bits per heavy atom. The molecule has 2 aromatic carbocycles. The van der Waals surface area contributed by atoms with Crippen LogP contribution in [0.15, 0.2) is 54.7 Å². The number of nitrogens with zero attached hydrogens (tertiary/aromatic N) is 3. The van der Waals surface area contributed by atoms with Crippen LogP contribution in [0.4, 0.5) is 14.9 Å². The van der Waals surface area contributed by atoms with Crippen molar-refractivity contribution in [2.45, 2.75) is 44.1 Å². The average Bonchev–Trinajstić information content (AvgIpc) is 3.33. The van der Waals surface area contributed by atoms with E-state index < -0.39 is 6.10 Å². The summed E-state index contributed by atoms with van der Waals surface area (Å²) in [7, 11) is 1.58. The lowest BCUT2D eigenvalue weighted by Gasteiger charge is -2.36. The number of carbonyl (C=O) groups excluding carboxylic acids is 1. The molecule has 1 aliphatic heterocycles. The van der Waals surface area contributed by atoms with E-state index in [2.05, 4.69) is 20.9 Å². The molecule has 3 aromatic rings. The van der Waals surface area contributed by atoms with Gasteiger partial charge in [0.2, 0.25) is 0 Å². The van der Waals surface area contributed by atoms with Gasteiger partial charge in [-0.3, -0.25) is 4.68 Å². The summed E-state index contributed by atoms with van der Waals surface area (Å²) in [4.78, 5) is 12.4. The molecule has 0 spiro atoms. The van der Waals surface area contributed by atoms with Crippen molar-refractivity contribution in [2.75, 3.05) is 19.0 Å². The lowest BCUT2D eigenvalue weighted by Crippen LogP contribution is -2.52. The first-order chi connectivity index (χ1) is 16.6. The summed E-state index contributed by atoms with van der Waals surface area (Å²) in [5, 5.41) is 23.6. The zero-order valence-electron chi connectivity index (χ0n) is 18.9. The molecule has 1 aliphatic rings. The van der Waals surface area contributed by atoms with Gasteiger partial charge in [-0.25, -0.2) is 9.18 Å². The molecule has 34 heavy (non-hydrogen) atoms. The molecule has 180 valence electrons. The molecular formula is C24H28FN5O4. The van der Waals surface area contributed by atoms with E-state index in [1.165, 1.54) is 6.07 Å². The van der Waals surface area contributed by atoms with Crippen molar-refractivity contribution in [3.8, 4) is 17.0 Å². The minimum atomic E-state index is -0.509. The molecule has 3 atom stereocenters. The third kappa shape index (κ3) is 5.89. The molecule has 2 amide bonds. The van der Waals surface area contributed by atoms with E-state index in [1.807, 2.05) is 0 Å². The SMILES string of the molecule is COc1ccc(NC(=O)N[C@@H]2CC[C@@H](CCn3cc(-c4ccccc4F)nn3)O[C@H]2CO)cc1. The van der Waals surface area contributed by atoms with E-state index in [9.17, 15) is 14.3 Å². The van der Waals surface area contributed by atoms with E-state index in [0.29, 0.717) is 42.1 Å². The van der Waals surface area contributed by atoms with Gasteiger partial charge in [0.25, 0.3) is 0 Å². The largest absolute Gasteiger partial charge is 0.497 e. The van der Waals surface area contributed by atoms with Gasteiger partial charge in [-0.05, 0) is 55.7 Å². The number of ether oxygens (including phenoxy) is 2. The van der Waals surface area contributed by atoms with Crippen molar-refractivity contribution in [1.82, 2.24) is 20.3 Å². The van der Waals surface area contributed by atoms with Crippen LogP contribution in [0.1, 0.15) is 19.3 Å². The maximum Gasteiger partial charge on any atom is 0.319 e. The van der Waals surface area contributed by atoms with Gasteiger partial charge in [-0.2, -0.15) is 0 Å². The normalized spacial score (nSPS) is 20.0. The van der Waals surface area contributed by atoms with E-state index in [4.69, 9.17) is 9.47 Å². The van der Waals surface area contributed by atoms with E-state index >= 15 is 0 Å². The van der Waals surface area contributed by atoms with Crippen LogP contribution in [0.2, 0.25) is 0 Å². The standard InChI is InChI=1S/C24H28FN5O4/c1-33-17-8-6-16(7-9-17)26-24(32)27-21-11-10-18(34-23(21)15-31)12-13-30-14-22(28-29-30)19-4-2-3-5-20(19)25/h2-9,14,18,21,23,31H,10-13,15H2,1H3,(H2,26,27,32)/t18-,21+,23-/m0/s1. The van der Waals surface area contributed by atoms with Gasteiger partial charge in [-0.1, -0.05) is 17.3 Å². The van der Waals surface area contributed by atoms with Gasteiger partial charge in [0.05, 0.1) is 32.1 Å². The molecule has 0 unspecified atom stereocenters. The quantitative estimate of drug-likeness (QED) is 0.467. The van der Waals surface area contributed by atoms with Crippen molar-refractivity contribution < 1.29 is 23.8 Å². The van der Waals surface area contributed by atoms with Gasteiger partial charge >= 0.3 is 6.03 Å². The maximum atomic E-state index is 14.0. The molecule has 4 rings (SSSR count). The lowest BCUT2D eigenvalue weighted by molar-refractivity contribution is -0.0905. The van der Waals surface area contributed by atoms with Gasteiger partial charge in [0.15, 0.2) is 0 Å². The van der Waals surface area contributed by atoms with Crippen molar-refractivity contribution in [3.63, 3.8) is 0 Å². The summed E-state index contributed by atoms with van der Waals surface area (Å²) in [6, 6.07) is 12.8. The van der Waals surface area contributed by atoms with Crippen LogP contribution in [0, 0.1) is 5.82 Å². The molecule has 10 heteroatoms. The minimum absolute atomic E-state index is 0.0963. The molecule has 2 heterocycles. The summed E-state index contributed by atoms with van der Waals surface area (Å²) >= 11 is 0. The molecule has 0 saturated carbocycles. The molecule has 0 bridgehead atoms. The number of nitrogens with one attached hydrogen (secondary N) is 2. The second kappa shape index (κ2) is 11.1. The van der Waals surface area contributed by atoms with Crippen molar-refractivity contribution >= 4 is 11.7 Å². The predicted octanol–water partition coefficient (Wildman–Crippen LogP) is 3.21. The number of urea groups is 1. The van der Waals surface area contributed by atoms with E-state index in [1.54, 1.807) is 60.5 Å². The fraction of sp³-hybridized carbons (Fsp3) is 0.375. The number of anilines is 1. The Labute approximate surface area is 196 Å². The summed E-state index contributed by atoms with van der Waals surface area (Å²) in [6.45, 7) is 0.338. The number of aryl methyl sites for hydroxylation is 1. The molecule has 1 fully saturated rings. The monoisotopic (exact) mass is 469 g/mol. The van der Waals surface area contributed by atoms with Crippen LogP contribution in [-0.4, -0.2) is 58.1 Å². The van der Waals surface area contributed by atoms with Crippen molar-refractivity contribution in [3.05, 3.63) is 60.5 Å². The van der Waals surface area contributed by atoms with E-state index in [0.717, 1.165) is 6.42 Å². The number of hydrogen-bond donors (Lipinski definition) is 3. The number of halogens is 1. The number of carbonyl (C=O) groups is 1. The fourth-order valence-corrected chi connectivity index (χ4v) is 4.00. The molecule has 1 aromatic heterocycles. The maximum absolute atomic E-state index is 14.0. The number of amides is 2. The smallest absolute Gasteiger partial charge is 0.319 e. The molecule has 1 saturated heterocycles. The number of hydrogen-bond acceptors (Lipinski definition) is 6. The second-order valence-corrected chi connectivity index (χ2v) is 8.13. The van der Waals surface area contributed by atoms with Crippen LogP contribution in [-0.2, 0) is 11.3 Å². The highest BCUT2D eigenvalue weighted by Gasteiger charge is 2.32. The number of benzene rings is 2. The number of aliphatic hydroxyl groups excluding tert-OH is 1. The zero-order valence-corrected chi connectivity index (χ0v) is 18.9.